The van der Waals surface area contributed by atoms with E-state index in [4.69, 9.17) is 10.4 Å². The van der Waals surface area contributed by atoms with Crippen LogP contribution >= 0.6 is 15.9 Å². The zero-order chi connectivity index (χ0) is 11.3. The fourth-order valence-electron chi connectivity index (χ4n) is 1.09. The van der Waals surface area contributed by atoms with Gasteiger partial charge in [0, 0.05) is 11.4 Å². The van der Waals surface area contributed by atoms with Crippen LogP contribution < -0.4 is 0 Å². The predicted octanol–water partition coefficient (Wildman–Crippen LogP) is 2.55. The Bertz CT molecular complexity index is 446. The number of carboxylic acid groups (broad SMARTS) is 1. The molecule has 0 unspecified atom stereocenters. The molecule has 0 bridgehead atoms. The summed E-state index contributed by atoms with van der Waals surface area (Å²) in [6.07, 6.45) is 2.43. The molecule has 0 aliphatic carbocycles. The molecular weight excluding hydrogens is 258 g/mol. The predicted molar refractivity (Wildman–Crippen MR) is 60.5 cm³/mol. The lowest BCUT2D eigenvalue weighted by Gasteiger charge is -2.00. The van der Waals surface area contributed by atoms with E-state index < -0.39 is 5.97 Å². The zero-order valence-electron chi connectivity index (χ0n) is 7.77. The van der Waals surface area contributed by atoms with Crippen LogP contribution in [-0.2, 0) is 10.1 Å². The summed E-state index contributed by atoms with van der Waals surface area (Å²) in [5.41, 5.74) is 2.08. The maximum absolute atomic E-state index is 10.3. The van der Waals surface area contributed by atoms with Crippen molar-refractivity contribution >= 4 is 28.0 Å². The lowest BCUT2D eigenvalue weighted by atomic mass is 10.1. The fourth-order valence-corrected chi connectivity index (χ4v) is 1.44. The van der Waals surface area contributed by atoms with Crippen molar-refractivity contribution in [2.45, 2.75) is 5.33 Å². The van der Waals surface area contributed by atoms with E-state index in [2.05, 4.69) is 15.9 Å². The molecule has 0 saturated heterocycles. The zero-order valence-corrected chi connectivity index (χ0v) is 9.36. The number of nitriles is 1. The standard InChI is InChI=1S/C11H8BrNO2/c12-6-8-1-2-9(3-4-11(14)15)10(5-8)7-13/h1-5H,6H2,(H,14,15)/b4-3+. The maximum atomic E-state index is 10.3. The minimum absolute atomic E-state index is 0.476. The van der Waals surface area contributed by atoms with Crippen LogP contribution in [0.3, 0.4) is 0 Å². The van der Waals surface area contributed by atoms with Gasteiger partial charge >= 0.3 is 5.97 Å². The van der Waals surface area contributed by atoms with Crippen LogP contribution in [0.15, 0.2) is 24.3 Å². The third kappa shape index (κ3) is 3.22. The van der Waals surface area contributed by atoms with Crippen molar-refractivity contribution in [3.63, 3.8) is 0 Å². The van der Waals surface area contributed by atoms with Crippen molar-refractivity contribution in [2.24, 2.45) is 0 Å². The van der Waals surface area contributed by atoms with E-state index in [1.165, 1.54) is 6.08 Å². The lowest BCUT2D eigenvalue weighted by molar-refractivity contribution is -0.131. The quantitative estimate of drug-likeness (QED) is 0.675. The molecule has 0 radical (unpaired) electrons. The van der Waals surface area contributed by atoms with Gasteiger partial charge in [0.05, 0.1) is 11.6 Å². The Kier molecular flexibility index (Phi) is 4.07. The molecule has 3 nitrogen and oxygen atoms in total. The topological polar surface area (TPSA) is 61.1 Å². The average Bonchev–Trinajstić information content (AvgIpc) is 2.25. The van der Waals surface area contributed by atoms with Crippen LogP contribution in [0.25, 0.3) is 6.08 Å². The first-order chi connectivity index (χ1) is 7.17. The molecule has 15 heavy (non-hydrogen) atoms. The minimum Gasteiger partial charge on any atom is -0.478 e. The number of aliphatic carboxylic acids is 1. The molecule has 0 amide bonds. The molecule has 1 aromatic carbocycles. The van der Waals surface area contributed by atoms with Gasteiger partial charge in [-0.3, -0.25) is 0 Å². The Morgan fingerprint density at radius 2 is 2.33 bits per heavy atom. The molecular formula is C11H8BrNO2. The Morgan fingerprint density at radius 3 is 2.87 bits per heavy atom. The van der Waals surface area contributed by atoms with Gasteiger partial charge in [0.15, 0.2) is 0 Å². The van der Waals surface area contributed by atoms with Gasteiger partial charge in [0.25, 0.3) is 0 Å². The minimum atomic E-state index is -1.02. The third-order valence-electron chi connectivity index (χ3n) is 1.80. The monoisotopic (exact) mass is 265 g/mol. The van der Waals surface area contributed by atoms with Crippen LogP contribution in [0, 0.1) is 11.3 Å². The van der Waals surface area contributed by atoms with Crippen molar-refractivity contribution in [1.82, 2.24) is 0 Å². The van der Waals surface area contributed by atoms with Crippen LogP contribution in [0.4, 0.5) is 0 Å². The summed E-state index contributed by atoms with van der Waals surface area (Å²) in [7, 11) is 0. The molecule has 1 aromatic rings. The lowest BCUT2D eigenvalue weighted by Crippen LogP contribution is -1.89. The molecule has 1 rings (SSSR count). The smallest absolute Gasteiger partial charge is 0.328 e. The van der Waals surface area contributed by atoms with Crippen molar-refractivity contribution in [3.8, 4) is 6.07 Å². The van der Waals surface area contributed by atoms with Gasteiger partial charge in [-0.2, -0.15) is 5.26 Å². The Hall–Kier alpha value is -1.60. The second-order valence-electron chi connectivity index (χ2n) is 2.84. The average molecular weight is 266 g/mol. The molecule has 0 aromatic heterocycles. The molecule has 0 aliphatic rings. The summed E-state index contributed by atoms with van der Waals surface area (Å²) in [5, 5.41) is 18.0. The van der Waals surface area contributed by atoms with Crippen molar-refractivity contribution in [3.05, 3.63) is 41.0 Å². The summed E-state index contributed by atoms with van der Waals surface area (Å²) < 4.78 is 0. The highest BCUT2D eigenvalue weighted by atomic mass is 79.9. The highest BCUT2D eigenvalue weighted by molar-refractivity contribution is 9.08. The van der Waals surface area contributed by atoms with E-state index in [9.17, 15) is 4.79 Å². The van der Waals surface area contributed by atoms with Gasteiger partial charge in [0.2, 0.25) is 0 Å². The summed E-state index contributed by atoms with van der Waals surface area (Å²) >= 11 is 3.29. The number of benzene rings is 1. The number of nitrogens with zero attached hydrogens (tertiary/aromatic N) is 1. The van der Waals surface area contributed by atoms with Gasteiger partial charge < -0.3 is 5.11 Å². The number of carbonyl (C=O) groups is 1. The fraction of sp³-hybridized carbons (Fsp3) is 0.0909. The summed E-state index contributed by atoms with van der Waals surface area (Å²) in [5.74, 6) is -1.02. The molecule has 0 saturated carbocycles. The molecule has 0 aliphatic heterocycles. The third-order valence-corrected chi connectivity index (χ3v) is 2.45. The van der Waals surface area contributed by atoms with E-state index in [1.54, 1.807) is 12.1 Å². The van der Waals surface area contributed by atoms with Crippen molar-refractivity contribution in [2.75, 3.05) is 0 Å². The van der Waals surface area contributed by atoms with Gasteiger partial charge in [-0.25, -0.2) is 4.79 Å². The van der Waals surface area contributed by atoms with Crippen LogP contribution in [0.2, 0.25) is 0 Å². The second kappa shape index (κ2) is 5.32. The Balaban J connectivity index is 3.09. The number of rotatable bonds is 3. The number of hydrogen-bond donors (Lipinski definition) is 1. The van der Waals surface area contributed by atoms with Crippen molar-refractivity contribution in [1.29, 1.82) is 5.26 Å². The summed E-state index contributed by atoms with van der Waals surface area (Å²) in [4.78, 5) is 10.3. The normalized spacial score (nSPS) is 10.1. The molecule has 0 heterocycles. The number of halogens is 1. The van der Waals surface area contributed by atoms with Crippen LogP contribution in [0.1, 0.15) is 16.7 Å². The highest BCUT2D eigenvalue weighted by Gasteiger charge is 2.00. The molecule has 4 heteroatoms. The molecule has 0 atom stereocenters. The first-order valence-electron chi connectivity index (χ1n) is 4.17. The van der Waals surface area contributed by atoms with Crippen LogP contribution in [-0.4, -0.2) is 11.1 Å². The van der Waals surface area contributed by atoms with E-state index in [0.717, 1.165) is 11.6 Å². The van der Waals surface area contributed by atoms with Crippen molar-refractivity contribution < 1.29 is 9.90 Å². The Labute approximate surface area is 95.8 Å². The molecule has 0 fully saturated rings. The molecule has 76 valence electrons. The first-order valence-corrected chi connectivity index (χ1v) is 5.29. The van der Waals surface area contributed by atoms with Gasteiger partial charge in [-0.05, 0) is 23.3 Å². The number of hydrogen-bond acceptors (Lipinski definition) is 2. The first kappa shape index (κ1) is 11.5. The van der Waals surface area contributed by atoms with E-state index in [0.29, 0.717) is 16.5 Å². The molecule has 1 N–H and O–H groups in total. The van der Waals surface area contributed by atoms with E-state index in [1.807, 2.05) is 12.1 Å². The second-order valence-corrected chi connectivity index (χ2v) is 3.40. The number of alkyl halides is 1. The molecule has 0 spiro atoms. The highest BCUT2D eigenvalue weighted by Crippen LogP contribution is 2.14. The maximum Gasteiger partial charge on any atom is 0.328 e. The summed E-state index contributed by atoms with van der Waals surface area (Å²) in [6.45, 7) is 0. The van der Waals surface area contributed by atoms with E-state index in [-0.39, 0.29) is 0 Å². The van der Waals surface area contributed by atoms with Gasteiger partial charge in [-0.15, -0.1) is 0 Å². The largest absolute Gasteiger partial charge is 0.478 e. The van der Waals surface area contributed by atoms with E-state index >= 15 is 0 Å². The van der Waals surface area contributed by atoms with Gasteiger partial charge in [0.1, 0.15) is 0 Å². The SMILES string of the molecule is N#Cc1cc(CBr)ccc1/C=C/C(=O)O. The Morgan fingerprint density at radius 1 is 1.60 bits per heavy atom. The van der Waals surface area contributed by atoms with Gasteiger partial charge in [-0.1, -0.05) is 28.1 Å². The van der Waals surface area contributed by atoms with Crippen LogP contribution in [0.5, 0.6) is 0 Å². The number of carboxylic acids is 1. The summed E-state index contributed by atoms with van der Waals surface area (Å²) in [6, 6.07) is 7.34.